The molecule has 152 valence electrons. The monoisotopic (exact) mass is 464 g/mol. The van der Waals surface area contributed by atoms with Crippen LogP contribution >= 0.6 is 0 Å². The molecule has 1 heterocycles. The molecule has 0 amide bonds. The molecule has 1 aliphatic carbocycles. The Morgan fingerprint density at radius 1 is 0.767 bits per heavy atom. The van der Waals surface area contributed by atoms with E-state index in [-0.39, 0.29) is 40.0 Å². The van der Waals surface area contributed by atoms with Crippen LogP contribution in [-0.2, 0) is 22.9 Å². The van der Waals surface area contributed by atoms with Gasteiger partial charge in [-0.25, -0.2) is 0 Å². The zero-order valence-electron chi connectivity index (χ0n) is 17.7. The third kappa shape index (κ3) is 4.70. The van der Waals surface area contributed by atoms with Gasteiger partial charge >= 0.3 is 40.0 Å². The van der Waals surface area contributed by atoms with Crippen molar-refractivity contribution in [3.8, 4) is 0 Å². The van der Waals surface area contributed by atoms with Crippen molar-refractivity contribution in [1.82, 2.24) is 0 Å². The van der Waals surface area contributed by atoms with Gasteiger partial charge in [0.15, 0.2) is 0 Å². The van der Waals surface area contributed by atoms with Gasteiger partial charge in [0, 0.05) is 0 Å². The van der Waals surface area contributed by atoms with Crippen molar-refractivity contribution in [1.29, 1.82) is 0 Å². The first-order valence-corrected chi connectivity index (χ1v) is 13.4. The normalized spacial score (nSPS) is 22.0. The molecule has 0 bridgehead atoms. The second-order valence-corrected chi connectivity index (χ2v) is 12.0. The lowest BCUT2D eigenvalue weighted by Gasteiger charge is -2.29. The van der Waals surface area contributed by atoms with Crippen molar-refractivity contribution in [2.75, 3.05) is 0 Å². The van der Waals surface area contributed by atoms with E-state index in [4.69, 9.17) is 16.5 Å². The first-order chi connectivity index (χ1) is 14.6. The number of aryl methyl sites for hydroxylation is 2. The SMILES string of the molecule is Cc1cccc2c1cc(C)c1c3c(ccc12)C(C)CC(C)C3.O1[Si]O[Si]O[Si]O[Si]1. The Bertz CT molecular complexity index is 1020. The van der Waals surface area contributed by atoms with Gasteiger partial charge in [-0.2, -0.15) is 0 Å². The molecule has 3 aromatic carbocycles. The smallest absolute Gasteiger partial charge is 0.412 e. The molecular weight excluding hydrogens is 441 g/mol. The summed E-state index contributed by atoms with van der Waals surface area (Å²) in [5.41, 5.74) is 6.02. The van der Waals surface area contributed by atoms with Crippen LogP contribution in [0.1, 0.15) is 48.4 Å². The van der Waals surface area contributed by atoms with Gasteiger partial charge in [0.1, 0.15) is 0 Å². The lowest BCUT2D eigenvalue weighted by atomic mass is 9.75. The summed E-state index contributed by atoms with van der Waals surface area (Å²) in [5.74, 6) is 1.48. The Labute approximate surface area is 188 Å². The van der Waals surface area contributed by atoms with Gasteiger partial charge in [0.05, 0.1) is 0 Å². The minimum atomic E-state index is 0.0694. The topological polar surface area (TPSA) is 36.9 Å². The molecule has 30 heavy (non-hydrogen) atoms. The summed E-state index contributed by atoms with van der Waals surface area (Å²) in [4.78, 5) is 0. The fraction of sp³-hybridized carbons (Fsp3) is 0.364. The van der Waals surface area contributed by atoms with E-state index in [0.29, 0.717) is 5.92 Å². The molecule has 5 rings (SSSR count). The molecule has 1 saturated heterocycles. The fourth-order valence-corrected chi connectivity index (χ4v) is 7.44. The highest BCUT2D eigenvalue weighted by Gasteiger charge is 2.24. The van der Waals surface area contributed by atoms with Gasteiger partial charge in [-0.05, 0) is 82.3 Å². The van der Waals surface area contributed by atoms with Gasteiger partial charge in [-0.1, -0.05) is 50.2 Å². The highest BCUT2D eigenvalue weighted by Crippen LogP contribution is 2.41. The van der Waals surface area contributed by atoms with Crippen molar-refractivity contribution in [3.63, 3.8) is 0 Å². The van der Waals surface area contributed by atoms with Gasteiger partial charge < -0.3 is 16.5 Å². The molecule has 8 heteroatoms. The number of rotatable bonds is 0. The lowest BCUT2D eigenvalue weighted by molar-refractivity contribution is 0.347. The first-order valence-electron chi connectivity index (χ1n) is 10.1. The molecule has 2 atom stereocenters. The summed E-state index contributed by atoms with van der Waals surface area (Å²) in [6, 6.07) is 13.9. The summed E-state index contributed by atoms with van der Waals surface area (Å²) in [6.45, 7) is 9.30. The summed E-state index contributed by atoms with van der Waals surface area (Å²) in [6.07, 6.45) is 2.55. The minimum absolute atomic E-state index is 0.0694. The molecule has 1 fully saturated rings. The van der Waals surface area contributed by atoms with E-state index < -0.39 is 0 Å². The van der Waals surface area contributed by atoms with Gasteiger partial charge in [0.25, 0.3) is 0 Å². The zero-order valence-corrected chi connectivity index (χ0v) is 21.7. The molecule has 0 spiro atoms. The average molecular weight is 465 g/mol. The summed E-state index contributed by atoms with van der Waals surface area (Å²) in [5, 5.41) is 5.78. The Balaban J connectivity index is 0.000000230. The highest BCUT2D eigenvalue weighted by atomic mass is 28.4. The predicted molar refractivity (Wildman–Crippen MR) is 124 cm³/mol. The van der Waals surface area contributed by atoms with E-state index in [9.17, 15) is 0 Å². The number of benzene rings is 3. The largest absolute Gasteiger partial charge is 0.412 e. The van der Waals surface area contributed by atoms with Crippen LogP contribution in [-0.4, -0.2) is 40.0 Å². The summed E-state index contributed by atoms with van der Waals surface area (Å²) < 4.78 is 19.3. The predicted octanol–water partition coefficient (Wildman–Crippen LogP) is 4.50. The third-order valence-electron chi connectivity index (χ3n) is 5.89. The van der Waals surface area contributed by atoms with Crippen LogP contribution in [0.15, 0.2) is 36.4 Å². The number of hydrogen-bond acceptors (Lipinski definition) is 4. The van der Waals surface area contributed by atoms with Gasteiger partial charge in [-0.3, -0.25) is 0 Å². The van der Waals surface area contributed by atoms with Gasteiger partial charge in [-0.15, -0.1) is 0 Å². The molecule has 3 aromatic rings. The van der Waals surface area contributed by atoms with E-state index in [1.165, 1.54) is 45.5 Å². The van der Waals surface area contributed by atoms with Crippen LogP contribution in [0.4, 0.5) is 0 Å². The van der Waals surface area contributed by atoms with Crippen molar-refractivity contribution in [2.24, 2.45) is 5.92 Å². The van der Waals surface area contributed by atoms with Crippen molar-refractivity contribution in [2.45, 2.75) is 46.5 Å². The Hall–Kier alpha value is -1.11. The second kappa shape index (κ2) is 10.0. The standard InChI is InChI=1S/C22H24.O4Si4/c1-13-10-15(3)17-8-9-19-18-7-5-6-14(2)20(18)12-16(4)22(19)21(17)11-13;1-5-2-7-4-8-3-6-1/h5-9,12-13,15H,10-11H2,1-4H3;. The Morgan fingerprint density at radius 2 is 1.43 bits per heavy atom. The van der Waals surface area contributed by atoms with Crippen LogP contribution in [0.2, 0.25) is 0 Å². The third-order valence-corrected chi connectivity index (χ3v) is 8.56. The average Bonchev–Trinajstić information content (AvgIpc) is 2.68. The Kier molecular flexibility index (Phi) is 7.37. The number of fused-ring (bicyclic) bond motifs is 5. The maximum Gasteiger partial charge on any atom is 0.412 e. The van der Waals surface area contributed by atoms with E-state index in [2.05, 4.69) is 64.1 Å². The molecule has 0 saturated carbocycles. The first kappa shape index (κ1) is 22.1. The van der Waals surface area contributed by atoms with E-state index in [1.54, 1.807) is 11.1 Å². The van der Waals surface area contributed by atoms with Crippen LogP contribution in [0, 0.1) is 19.8 Å². The quantitative estimate of drug-likeness (QED) is 0.363. The van der Waals surface area contributed by atoms with Crippen molar-refractivity contribution >= 4 is 61.6 Å². The molecule has 0 aromatic heterocycles. The summed E-state index contributed by atoms with van der Waals surface area (Å²) in [7, 11) is 0.278. The molecule has 0 N–H and O–H groups in total. The van der Waals surface area contributed by atoms with Crippen molar-refractivity contribution < 1.29 is 16.5 Å². The maximum atomic E-state index is 4.82. The van der Waals surface area contributed by atoms with E-state index >= 15 is 0 Å². The highest BCUT2D eigenvalue weighted by molar-refractivity contribution is 6.50. The summed E-state index contributed by atoms with van der Waals surface area (Å²) >= 11 is 0. The zero-order chi connectivity index (χ0) is 21.1. The minimum Gasteiger partial charge on any atom is -0.412 e. The van der Waals surface area contributed by atoms with Gasteiger partial charge in [0.2, 0.25) is 0 Å². The Morgan fingerprint density at radius 3 is 2.10 bits per heavy atom. The second-order valence-electron chi connectivity index (χ2n) is 8.11. The molecule has 1 aliphatic heterocycles. The van der Waals surface area contributed by atoms with Crippen LogP contribution in [0.25, 0.3) is 21.5 Å². The molecule has 2 aliphatic rings. The molecule has 8 radical (unpaired) electrons. The van der Waals surface area contributed by atoms with Crippen LogP contribution < -0.4 is 0 Å². The molecular formula is C22H24O4Si4. The molecule has 4 nitrogen and oxygen atoms in total. The van der Waals surface area contributed by atoms with Crippen LogP contribution in [0.3, 0.4) is 0 Å². The maximum absolute atomic E-state index is 4.82. The lowest BCUT2D eigenvalue weighted by Crippen LogP contribution is -2.23. The van der Waals surface area contributed by atoms with E-state index in [0.717, 1.165) is 5.92 Å². The number of hydrogen-bond donors (Lipinski definition) is 0. The van der Waals surface area contributed by atoms with E-state index in [1.807, 2.05) is 0 Å². The van der Waals surface area contributed by atoms with Crippen molar-refractivity contribution in [3.05, 3.63) is 58.7 Å². The molecule has 2 unspecified atom stereocenters. The van der Waals surface area contributed by atoms with Crippen LogP contribution in [0.5, 0.6) is 0 Å². The fourth-order valence-electron chi connectivity index (χ4n) is 4.73.